The molecule has 0 radical (unpaired) electrons. The summed E-state index contributed by atoms with van der Waals surface area (Å²) in [7, 11) is -3.32. The number of imide groups is 1. The number of benzene rings is 2. The minimum Gasteiger partial charge on any atom is -0.477 e. The molecule has 2 aromatic carbocycles. The van der Waals surface area contributed by atoms with Gasteiger partial charge in [-0.2, -0.15) is 8.42 Å². The SMILES string of the molecule is CN(C(=O)C=Cc1ccccc1)C(=O)NC(C(=O)NC1C(=O)N2C(C(=O)O)=C(CS(=O)(=O)O)CS[C@@H]12)c1ccccc1. The number of fused-ring (bicyclic) bond motifs is 1. The zero-order valence-corrected chi connectivity index (χ0v) is 23.7. The number of β-lactam (4-membered cyclic amide) rings is 1. The van der Waals surface area contributed by atoms with E-state index < -0.39 is 68.7 Å². The average Bonchev–Trinajstić information content (AvgIpc) is 2.96. The van der Waals surface area contributed by atoms with Gasteiger partial charge in [-0.3, -0.25) is 28.7 Å². The van der Waals surface area contributed by atoms with Crippen LogP contribution in [0.15, 0.2) is 78.0 Å². The highest BCUT2D eigenvalue weighted by Gasteiger charge is 2.54. The third kappa shape index (κ3) is 6.87. The number of hydrogen-bond acceptors (Lipinski definition) is 8. The van der Waals surface area contributed by atoms with Crippen LogP contribution < -0.4 is 10.6 Å². The van der Waals surface area contributed by atoms with Gasteiger partial charge in [0.2, 0.25) is 5.91 Å². The minimum absolute atomic E-state index is 0.121. The molecule has 0 aliphatic carbocycles. The number of urea groups is 1. The number of thioether (sulfide) groups is 1. The number of aliphatic carboxylic acids is 1. The summed E-state index contributed by atoms with van der Waals surface area (Å²) in [6.07, 6.45) is 2.74. The van der Waals surface area contributed by atoms with Crippen LogP contribution in [0.5, 0.6) is 0 Å². The second-order valence-corrected chi connectivity index (χ2v) is 11.9. The molecule has 220 valence electrons. The Labute approximate surface area is 245 Å². The Hall–Kier alpha value is -4.47. The molecule has 5 amide bonds. The fourth-order valence-corrected chi connectivity index (χ4v) is 6.52. The number of carbonyl (C=O) groups excluding carboxylic acids is 4. The molecule has 13 nitrogen and oxygen atoms in total. The van der Waals surface area contributed by atoms with E-state index in [0.717, 1.165) is 27.1 Å². The van der Waals surface area contributed by atoms with Crippen LogP contribution in [0.25, 0.3) is 6.08 Å². The molecule has 0 saturated carbocycles. The van der Waals surface area contributed by atoms with Gasteiger partial charge in [0.05, 0.1) is 5.75 Å². The number of carboxylic acid groups (broad SMARTS) is 1. The molecular formula is C27H26N4O9S2. The van der Waals surface area contributed by atoms with Gasteiger partial charge in [0.1, 0.15) is 23.2 Å². The molecule has 2 aromatic rings. The Balaban J connectivity index is 1.49. The molecule has 4 rings (SSSR count). The van der Waals surface area contributed by atoms with Crippen molar-refractivity contribution in [1.29, 1.82) is 0 Å². The van der Waals surface area contributed by atoms with E-state index in [9.17, 15) is 42.0 Å². The molecule has 15 heteroatoms. The van der Waals surface area contributed by atoms with Crippen molar-refractivity contribution in [1.82, 2.24) is 20.4 Å². The summed E-state index contributed by atoms with van der Waals surface area (Å²) in [6.45, 7) is 0. The molecule has 1 fully saturated rings. The lowest BCUT2D eigenvalue weighted by Crippen LogP contribution is -2.71. The number of rotatable bonds is 9. The zero-order chi connectivity index (χ0) is 30.6. The van der Waals surface area contributed by atoms with Crippen molar-refractivity contribution >= 4 is 57.7 Å². The maximum atomic E-state index is 13.4. The van der Waals surface area contributed by atoms with Crippen LogP contribution >= 0.6 is 11.8 Å². The van der Waals surface area contributed by atoms with E-state index >= 15 is 0 Å². The smallest absolute Gasteiger partial charge is 0.352 e. The molecule has 2 heterocycles. The fraction of sp³-hybridized carbons (Fsp3) is 0.222. The number of carboxylic acids is 1. The Bertz CT molecular complexity index is 1580. The third-order valence-electron chi connectivity index (χ3n) is 6.42. The third-order valence-corrected chi connectivity index (χ3v) is 8.47. The van der Waals surface area contributed by atoms with Gasteiger partial charge in [-0.25, -0.2) is 9.59 Å². The van der Waals surface area contributed by atoms with Gasteiger partial charge < -0.3 is 15.7 Å². The van der Waals surface area contributed by atoms with Gasteiger partial charge >= 0.3 is 12.0 Å². The maximum Gasteiger partial charge on any atom is 0.352 e. The maximum absolute atomic E-state index is 13.4. The van der Waals surface area contributed by atoms with Crippen LogP contribution in [-0.4, -0.2) is 87.6 Å². The van der Waals surface area contributed by atoms with Gasteiger partial charge in [-0.1, -0.05) is 60.7 Å². The molecule has 4 N–H and O–H groups in total. The first-order valence-corrected chi connectivity index (χ1v) is 15.0. The van der Waals surface area contributed by atoms with Crippen LogP contribution in [0.3, 0.4) is 0 Å². The van der Waals surface area contributed by atoms with E-state index in [2.05, 4.69) is 10.6 Å². The first-order valence-electron chi connectivity index (χ1n) is 12.4. The van der Waals surface area contributed by atoms with Gasteiger partial charge in [-0.15, -0.1) is 11.8 Å². The molecule has 1 saturated heterocycles. The van der Waals surface area contributed by atoms with Crippen molar-refractivity contribution in [3.8, 4) is 0 Å². The first kappa shape index (κ1) is 30.5. The highest BCUT2D eigenvalue weighted by molar-refractivity contribution is 8.00. The highest BCUT2D eigenvalue weighted by atomic mass is 32.2. The van der Waals surface area contributed by atoms with Crippen LogP contribution in [0.2, 0.25) is 0 Å². The minimum atomic E-state index is -4.56. The Morgan fingerprint density at radius 1 is 1.10 bits per heavy atom. The van der Waals surface area contributed by atoms with Crippen LogP contribution in [0, 0.1) is 0 Å². The lowest BCUT2D eigenvalue weighted by Gasteiger charge is -2.49. The fourth-order valence-electron chi connectivity index (χ4n) is 4.36. The average molecular weight is 615 g/mol. The van der Waals surface area contributed by atoms with E-state index in [1.807, 2.05) is 6.07 Å². The number of hydrogen-bond donors (Lipinski definition) is 4. The standard InChI is InChI=1S/C27H26N4O9S2/c1-30(19(32)13-12-16-8-4-2-5-9-16)27(37)29-20(17-10-6-3-7-11-17)23(33)28-21-24(34)31-22(26(35)36)18(14-41-25(21)31)15-42(38,39)40/h2-13,20-21,25H,14-15H2,1H3,(H,28,33)(H,29,37)(H,35,36)(H,38,39,40)/t20?,21?,25-/m0/s1. The molecular weight excluding hydrogens is 588 g/mol. The lowest BCUT2D eigenvalue weighted by molar-refractivity contribution is -0.151. The molecule has 0 bridgehead atoms. The zero-order valence-electron chi connectivity index (χ0n) is 22.0. The lowest BCUT2D eigenvalue weighted by atomic mass is 10.0. The largest absolute Gasteiger partial charge is 0.477 e. The Morgan fingerprint density at radius 2 is 1.71 bits per heavy atom. The topological polar surface area (TPSA) is 190 Å². The van der Waals surface area contributed by atoms with Crippen LogP contribution in [0.4, 0.5) is 4.79 Å². The van der Waals surface area contributed by atoms with E-state index in [0.29, 0.717) is 5.56 Å². The van der Waals surface area contributed by atoms with Crippen molar-refractivity contribution in [2.75, 3.05) is 18.6 Å². The molecule has 2 aliphatic heterocycles. The summed E-state index contributed by atoms with van der Waals surface area (Å²) in [5, 5.41) is 13.8. The predicted molar refractivity (Wildman–Crippen MR) is 152 cm³/mol. The predicted octanol–water partition coefficient (Wildman–Crippen LogP) is 1.24. The second kappa shape index (κ2) is 12.6. The highest BCUT2D eigenvalue weighted by Crippen LogP contribution is 2.40. The normalized spacial score (nSPS) is 19.0. The second-order valence-electron chi connectivity index (χ2n) is 9.31. The van der Waals surface area contributed by atoms with Crippen molar-refractivity contribution in [2.24, 2.45) is 0 Å². The van der Waals surface area contributed by atoms with Gasteiger partial charge in [0.25, 0.3) is 21.9 Å². The van der Waals surface area contributed by atoms with E-state index in [1.54, 1.807) is 54.6 Å². The first-order chi connectivity index (χ1) is 19.9. The molecule has 3 atom stereocenters. The number of carbonyl (C=O) groups is 5. The Morgan fingerprint density at radius 3 is 2.31 bits per heavy atom. The summed E-state index contributed by atoms with van der Waals surface area (Å²) < 4.78 is 31.9. The Kier molecular flexibility index (Phi) is 9.14. The molecule has 2 aliphatic rings. The molecule has 0 aromatic heterocycles. The number of amides is 5. The van der Waals surface area contributed by atoms with E-state index in [-0.39, 0.29) is 11.3 Å². The quantitative estimate of drug-likeness (QED) is 0.182. The van der Waals surface area contributed by atoms with E-state index in [4.69, 9.17) is 0 Å². The molecule has 0 spiro atoms. The van der Waals surface area contributed by atoms with Crippen molar-refractivity contribution in [2.45, 2.75) is 17.5 Å². The van der Waals surface area contributed by atoms with Crippen LogP contribution in [0.1, 0.15) is 17.2 Å². The van der Waals surface area contributed by atoms with Crippen molar-refractivity contribution < 1.29 is 42.0 Å². The van der Waals surface area contributed by atoms with Crippen molar-refractivity contribution in [3.63, 3.8) is 0 Å². The van der Waals surface area contributed by atoms with Crippen molar-refractivity contribution in [3.05, 3.63) is 89.1 Å². The van der Waals surface area contributed by atoms with Gasteiger partial charge in [0.15, 0.2) is 0 Å². The summed E-state index contributed by atoms with van der Waals surface area (Å²) >= 11 is 1.02. The number of likely N-dealkylation sites (N-methyl/N-ethyl adjacent to an activating group) is 1. The summed E-state index contributed by atoms with van der Waals surface area (Å²) in [5.74, 6) is -4.88. The van der Waals surface area contributed by atoms with Crippen LogP contribution in [-0.2, 0) is 29.3 Å². The van der Waals surface area contributed by atoms with Gasteiger partial charge in [-0.05, 0) is 22.8 Å². The summed E-state index contributed by atoms with van der Waals surface area (Å²) in [4.78, 5) is 65.5. The molecule has 42 heavy (non-hydrogen) atoms. The summed E-state index contributed by atoms with van der Waals surface area (Å²) in [5.41, 5.74) is 0.369. The monoisotopic (exact) mass is 614 g/mol. The molecule has 2 unspecified atom stereocenters. The van der Waals surface area contributed by atoms with E-state index in [1.165, 1.54) is 19.2 Å². The van der Waals surface area contributed by atoms with Gasteiger partial charge in [0, 0.05) is 18.9 Å². The summed E-state index contributed by atoms with van der Waals surface area (Å²) in [6, 6.07) is 13.6. The number of nitrogens with zero attached hydrogens (tertiary/aromatic N) is 2. The number of nitrogens with one attached hydrogen (secondary N) is 2.